The van der Waals surface area contributed by atoms with Gasteiger partial charge in [-0.1, -0.05) is 0 Å². The Hall–Kier alpha value is -2.08. The van der Waals surface area contributed by atoms with Gasteiger partial charge in [0, 0.05) is 12.8 Å². The van der Waals surface area contributed by atoms with Gasteiger partial charge in [-0.05, 0) is 13.8 Å². The van der Waals surface area contributed by atoms with Crippen LogP contribution in [0.5, 0.6) is 0 Å². The largest absolute Gasteiger partial charge is 0.465 e. The monoisotopic (exact) mass is 266 g/mol. The Bertz CT molecular complexity index is 354. The standard InChI is InChI=1S/C13H18N2O4/c1-5-18-11(16)13(7-9-14-3,8-10-15-4)12(17)19-6-2/h5-10H2,1-2H3. The number of nitrogens with zero attached hydrogens (tertiary/aromatic N) is 2. The van der Waals surface area contributed by atoms with Crippen LogP contribution < -0.4 is 0 Å². The van der Waals surface area contributed by atoms with Gasteiger partial charge in [0.25, 0.3) is 0 Å². The molecule has 0 aromatic rings. The highest BCUT2D eigenvalue weighted by Gasteiger charge is 2.50. The Morgan fingerprint density at radius 1 is 0.947 bits per heavy atom. The molecule has 0 fully saturated rings. The van der Waals surface area contributed by atoms with Gasteiger partial charge in [-0.2, -0.15) is 0 Å². The fourth-order valence-corrected chi connectivity index (χ4v) is 1.65. The predicted octanol–water partition coefficient (Wildman–Crippen LogP) is 1.72. The molecule has 19 heavy (non-hydrogen) atoms. The number of rotatable bonds is 8. The Balaban J connectivity index is 5.31. The Morgan fingerprint density at radius 3 is 1.58 bits per heavy atom. The number of hydrogen-bond donors (Lipinski definition) is 0. The number of ether oxygens (including phenoxy) is 2. The molecule has 0 bridgehead atoms. The van der Waals surface area contributed by atoms with Gasteiger partial charge in [-0.3, -0.25) is 9.59 Å². The van der Waals surface area contributed by atoms with Crippen LogP contribution in [0.3, 0.4) is 0 Å². The third-order valence-corrected chi connectivity index (χ3v) is 2.63. The SMILES string of the molecule is [C-]#[N+]CCC(CC[N+]#[C-])(C(=O)OCC)C(=O)OCC. The minimum absolute atomic E-state index is 0.00955. The number of carbonyl (C=O) groups excluding carboxylic acids is 2. The predicted molar refractivity (Wildman–Crippen MR) is 67.9 cm³/mol. The number of esters is 2. The van der Waals surface area contributed by atoms with E-state index in [-0.39, 0.29) is 39.1 Å². The van der Waals surface area contributed by atoms with Crippen molar-refractivity contribution in [2.75, 3.05) is 26.3 Å². The van der Waals surface area contributed by atoms with E-state index in [4.69, 9.17) is 22.6 Å². The van der Waals surface area contributed by atoms with Crippen molar-refractivity contribution in [3.8, 4) is 0 Å². The molecule has 6 nitrogen and oxygen atoms in total. The average molecular weight is 266 g/mol. The quantitative estimate of drug-likeness (QED) is 0.381. The van der Waals surface area contributed by atoms with Gasteiger partial charge in [0.2, 0.25) is 13.1 Å². The second kappa shape index (κ2) is 8.93. The van der Waals surface area contributed by atoms with Crippen LogP contribution >= 0.6 is 0 Å². The molecule has 0 N–H and O–H groups in total. The van der Waals surface area contributed by atoms with E-state index < -0.39 is 17.4 Å². The van der Waals surface area contributed by atoms with Crippen molar-refractivity contribution in [3.63, 3.8) is 0 Å². The first kappa shape index (κ1) is 16.9. The van der Waals surface area contributed by atoms with E-state index in [0.717, 1.165) is 0 Å². The van der Waals surface area contributed by atoms with Crippen molar-refractivity contribution in [2.45, 2.75) is 26.7 Å². The van der Waals surface area contributed by atoms with E-state index in [9.17, 15) is 9.59 Å². The van der Waals surface area contributed by atoms with E-state index in [1.165, 1.54) is 0 Å². The zero-order valence-electron chi connectivity index (χ0n) is 11.3. The molecule has 0 saturated heterocycles. The number of carbonyl (C=O) groups is 2. The molecule has 0 atom stereocenters. The molecule has 0 heterocycles. The first-order chi connectivity index (χ1) is 9.08. The van der Waals surface area contributed by atoms with E-state index in [1.54, 1.807) is 13.8 Å². The van der Waals surface area contributed by atoms with Crippen molar-refractivity contribution in [1.82, 2.24) is 0 Å². The maximum Gasteiger partial charge on any atom is 0.324 e. The lowest BCUT2D eigenvalue weighted by Crippen LogP contribution is -2.43. The van der Waals surface area contributed by atoms with Crippen LogP contribution in [0.1, 0.15) is 26.7 Å². The zero-order chi connectivity index (χ0) is 14.7. The maximum atomic E-state index is 12.1. The molecule has 0 aromatic carbocycles. The lowest BCUT2D eigenvalue weighted by molar-refractivity contribution is -0.172. The molecule has 0 aliphatic carbocycles. The summed E-state index contributed by atoms with van der Waals surface area (Å²) >= 11 is 0. The summed E-state index contributed by atoms with van der Waals surface area (Å²) < 4.78 is 9.85. The summed E-state index contributed by atoms with van der Waals surface area (Å²) in [7, 11) is 0. The second-order valence-corrected chi connectivity index (χ2v) is 3.79. The van der Waals surface area contributed by atoms with Gasteiger partial charge >= 0.3 is 11.9 Å². The van der Waals surface area contributed by atoms with Gasteiger partial charge in [-0.15, -0.1) is 0 Å². The van der Waals surface area contributed by atoms with E-state index in [1.807, 2.05) is 0 Å². The first-order valence-electron chi connectivity index (χ1n) is 6.09. The summed E-state index contributed by atoms with van der Waals surface area (Å²) in [4.78, 5) is 30.5. The maximum absolute atomic E-state index is 12.1. The normalized spacial score (nSPS) is 10.1. The van der Waals surface area contributed by atoms with Crippen LogP contribution in [-0.2, 0) is 19.1 Å². The van der Waals surface area contributed by atoms with Crippen LogP contribution in [0, 0.1) is 18.6 Å². The van der Waals surface area contributed by atoms with Crippen LogP contribution in [0.2, 0.25) is 0 Å². The number of hydrogen-bond acceptors (Lipinski definition) is 4. The molecular formula is C13H18N2O4. The molecule has 0 unspecified atom stereocenters. The average Bonchev–Trinajstić information content (AvgIpc) is 2.40. The lowest BCUT2D eigenvalue weighted by Gasteiger charge is -2.25. The van der Waals surface area contributed by atoms with E-state index >= 15 is 0 Å². The fourth-order valence-electron chi connectivity index (χ4n) is 1.65. The molecule has 0 saturated carbocycles. The summed E-state index contributed by atoms with van der Waals surface area (Å²) in [5, 5.41) is 0. The zero-order valence-corrected chi connectivity index (χ0v) is 11.3. The lowest BCUT2D eigenvalue weighted by atomic mass is 9.81. The van der Waals surface area contributed by atoms with Gasteiger partial charge in [0.15, 0.2) is 5.41 Å². The van der Waals surface area contributed by atoms with Crippen LogP contribution in [-0.4, -0.2) is 38.2 Å². The summed E-state index contributed by atoms with van der Waals surface area (Å²) in [6.07, 6.45) is 0.0351. The van der Waals surface area contributed by atoms with Crippen molar-refractivity contribution in [1.29, 1.82) is 0 Å². The highest BCUT2D eigenvalue weighted by molar-refractivity contribution is 6.00. The van der Waals surface area contributed by atoms with E-state index in [2.05, 4.69) is 9.69 Å². The summed E-state index contributed by atoms with van der Waals surface area (Å²) in [5.41, 5.74) is -1.53. The highest BCUT2D eigenvalue weighted by Crippen LogP contribution is 2.31. The topological polar surface area (TPSA) is 61.3 Å². The van der Waals surface area contributed by atoms with Crippen LogP contribution in [0.15, 0.2) is 0 Å². The molecule has 0 spiro atoms. The molecule has 0 amide bonds. The van der Waals surface area contributed by atoms with Crippen molar-refractivity contribution in [3.05, 3.63) is 22.8 Å². The smallest absolute Gasteiger partial charge is 0.324 e. The molecular weight excluding hydrogens is 248 g/mol. The Labute approximate surface area is 113 Å². The second-order valence-electron chi connectivity index (χ2n) is 3.79. The van der Waals surface area contributed by atoms with E-state index in [0.29, 0.717) is 0 Å². The Kier molecular flexibility index (Phi) is 7.95. The van der Waals surface area contributed by atoms with Crippen molar-refractivity contribution in [2.24, 2.45) is 5.41 Å². The molecule has 6 heteroatoms. The summed E-state index contributed by atoms with van der Waals surface area (Å²) in [6.45, 7) is 17.2. The minimum atomic E-state index is -1.53. The molecule has 0 aromatic heterocycles. The molecule has 0 radical (unpaired) electrons. The van der Waals surface area contributed by atoms with Gasteiger partial charge < -0.3 is 19.2 Å². The molecule has 104 valence electrons. The fraction of sp³-hybridized carbons (Fsp3) is 0.692. The van der Waals surface area contributed by atoms with Gasteiger partial charge in [0.1, 0.15) is 0 Å². The van der Waals surface area contributed by atoms with Gasteiger partial charge in [0.05, 0.1) is 13.2 Å². The third kappa shape index (κ3) is 4.59. The third-order valence-electron chi connectivity index (χ3n) is 2.63. The summed E-state index contributed by atoms with van der Waals surface area (Å²) in [5.74, 6) is -1.42. The van der Waals surface area contributed by atoms with Crippen molar-refractivity contribution >= 4 is 11.9 Å². The molecule has 0 rings (SSSR count). The first-order valence-corrected chi connectivity index (χ1v) is 6.09. The summed E-state index contributed by atoms with van der Waals surface area (Å²) in [6, 6.07) is 0. The molecule has 0 aliphatic rings. The minimum Gasteiger partial charge on any atom is -0.465 e. The Morgan fingerprint density at radius 2 is 1.32 bits per heavy atom. The van der Waals surface area contributed by atoms with Crippen LogP contribution in [0.25, 0.3) is 9.69 Å². The molecule has 0 aliphatic heterocycles. The van der Waals surface area contributed by atoms with Gasteiger partial charge in [-0.25, -0.2) is 13.1 Å². The van der Waals surface area contributed by atoms with Crippen LogP contribution in [0.4, 0.5) is 0 Å². The van der Waals surface area contributed by atoms with Crippen molar-refractivity contribution < 1.29 is 19.1 Å². The highest BCUT2D eigenvalue weighted by atomic mass is 16.6.